The van der Waals surface area contributed by atoms with Crippen molar-refractivity contribution in [2.45, 2.75) is 57.1 Å². The molecule has 0 radical (unpaired) electrons. The van der Waals surface area contributed by atoms with E-state index in [0.717, 1.165) is 0 Å². The second kappa shape index (κ2) is 8.84. The van der Waals surface area contributed by atoms with Crippen molar-refractivity contribution in [1.29, 1.82) is 0 Å². The number of amides is 1. The van der Waals surface area contributed by atoms with E-state index >= 15 is 0 Å². The molecule has 0 aromatic carbocycles. The van der Waals surface area contributed by atoms with Gasteiger partial charge in [-0.05, 0) is 32.7 Å². The van der Waals surface area contributed by atoms with Gasteiger partial charge in [0.2, 0.25) is 5.91 Å². The molecule has 1 saturated heterocycles. The van der Waals surface area contributed by atoms with Crippen LogP contribution in [0, 0.1) is 5.92 Å². The van der Waals surface area contributed by atoms with Crippen LogP contribution in [0.4, 0.5) is 0 Å². The van der Waals surface area contributed by atoms with Gasteiger partial charge in [-0.2, -0.15) is 0 Å². The Labute approximate surface area is 136 Å². The van der Waals surface area contributed by atoms with Gasteiger partial charge in [-0.25, -0.2) is 0 Å². The van der Waals surface area contributed by atoms with Crippen molar-refractivity contribution in [1.82, 2.24) is 5.32 Å². The van der Waals surface area contributed by atoms with Crippen LogP contribution in [0.2, 0.25) is 0 Å². The predicted octanol–water partition coefficient (Wildman–Crippen LogP) is -0.0236. The number of aliphatic hydroxyl groups excluding tert-OH is 1. The molecule has 4 N–H and O–H groups in total. The number of aliphatic hydroxyl groups is 1. The third-order valence-electron chi connectivity index (χ3n) is 3.90. The SMILES string of the molecule is CC(=O)NC1C(CN)CC(C)(C)OC1C(O)C(COP)OP. The van der Waals surface area contributed by atoms with E-state index in [2.05, 4.69) is 24.3 Å². The van der Waals surface area contributed by atoms with Crippen LogP contribution in [0.1, 0.15) is 27.2 Å². The predicted molar refractivity (Wildman–Crippen MR) is 90.0 cm³/mol. The molecule has 1 aliphatic heterocycles. The highest BCUT2D eigenvalue weighted by Crippen LogP contribution is 2.35. The highest BCUT2D eigenvalue weighted by atomic mass is 31.0. The second-order valence-electron chi connectivity index (χ2n) is 6.27. The highest BCUT2D eigenvalue weighted by molar-refractivity contribution is 7.10. The minimum atomic E-state index is -0.969. The number of rotatable bonds is 7. The summed E-state index contributed by atoms with van der Waals surface area (Å²) in [5.74, 6) is -0.177. The van der Waals surface area contributed by atoms with Crippen molar-refractivity contribution < 1.29 is 23.7 Å². The zero-order chi connectivity index (χ0) is 16.9. The van der Waals surface area contributed by atoms with E-state index in [-0.39, 0.29) is 24.5 Å². The summed E-state index contributed by atoms with van der Waals surface area (Å²) in [5, 5.41) is 13.5. The Kier molecular flexibility index (Phi) is 8.10. The van der Waals surface area contributed by atoms with Crippen LogP contribution >= 0.6 is 18.9 Å². The molecule has 1 heterocycles. The monoisotopic (exact) mass is 354 g/mol. The fraction of sp³-hybridized carbons (Fsp3) is 0.923. The first kappa shape index (κ1) is 20.2. The lowest BCUT2D eigenvalue weighted by Gasteiger charge is -2.48. The summed E-state index contributed by atoms with van der Waals surface area (Å²) >= 11 is 0. The molecular weight excluding hydrogens is 326 g/mol. The summed E-state index contributed by atoms with van der Waals surface area (Å²) in [5.41, 5.74) is 5.42. The molecular formula is C13H28N2O5P2. The summed E-state index contributed by atoms with van der Waals surface area (Å²) in [6, 6.07) is -0.377. The average molecular weight is 354 g/mol. The molecule has 0 aromatic heterocycles. The Hall–Kier alpha value is 0.130. The lowest BCUT2D eigenvalue weighted by molar-refractivity contribution is -0.193. The van der Waals surface area contributed by atoms with Gasteiger partial charge in [0.25, 0.3) is 0 Å². The van der Waals surface area contributed by atoms with E-state index in [1.54, 1.807) is 0 Å². The molecule has 0 aliphatic carbocycles. The first-order valence-electron chi connectivity index (χ1n) is 7.26. The van der Waals surface area contributed by atoms with E-state index in [0.29, 0.717) is 13.0 Å². The molecule has 22 heavy (non-hydrogen) atoms. The minimum absolute atomic E-state index is 0.00868. The van der Waals surface area contributed by atoms with Gasteiger partial charge in [0.1, 0.15) is 18.3 Å². The van der Waals surface area contributed by atoms with Crippen LogP contribution in [-0.2, 0) is 18.6 Å². The molecule has 1 rings (SSSR count). The Bertz CT molecular complexity index is 372. The number of nitrogens with two attached hydrogens (primary N) is 1. The third kappa shape index (κ3) is 5.34. The van der Waals surface area contributed by atoms with Gasteiger partial charge in [-0.3, -0.25) is 4.79 Å². The molecule has 0 spiro atoms. The van der Waals surface area contributed by atoms with Crippen molar-refractivity contribution in [3.8, 4) is 0 Å². The number of carbonyl (C=O) groups is 1. The van der Waals surface area contributed by atoms with E-state index in [1.807, 2.05) is 13.8 Å². The Morgan fingerprint density at radius 2 is 2.18 bits per heavy atom. The largest absolute Gasteiger partial charge is 0.388 e. The van der Waals surface area contributed by atoms with Crippen molar-refractivity contribution in [3.63, 3.8) is 0 Å². The Morgan fingerprint density at radius 1 is 1.55 bits per heavy atom. The number of carbonyl (C=O) groups excluding carboxylic acids is 1. The Balaban J connectivity index is 3.03. The fourth-order valence-electron chi connectivity index (χ4n) is 2.99. The van der Waals surface area contributed by atoms with E-state index < -0.39 is 23.9 Å². The summed E-state index contributed by atoms with van der Waals surface area (Å²) in [4.78, 5) is 11.5. The zero-order valence-electron chi connectivity index (χ0n) is 13.3. The lowest BCUT2D eigenvalue weighted by atomic mass is 9.79. The number of hydrogen-bond donors (Lipinski definition) is 3. The summed E-state index contributed by atoms with van der Waals surface area (Å²) in [6.07, 6.45) is -1.50. The summed E-state index contributed by atoms with van der Waals surface area (Å²) < 4.78 is 16.2. The summed E-state index contributed by atoms with van der Waals surface area (Å²) in [6.45, 7) is 5.90. The van der Waals surface area contributed by atoms with E-state index in [9.17, 15) is 9.90 Å². The van der Waals surface area contributed by atoms with Gasteiger partial charge in [0.05, 0.1) is 18.2 Å². The van der Waals surface area contributed by atoms with Gasteiger partial charge in [0.15, 0.2) is 0 Å². The molecule has 1 fully saturated rings. The molecule has 9 heteroatoms. The van der Waals surface area contributed by atoms with Gasteiger partial charge < -0.3 is 29.9 Å². The molecule has 0 bridgehead atoms. The first-order chi connectivity index (χ1) is 10.3. The topological polar surface area (TPSA) is 103 Å². The smallest absolute Gasteiger partial charge is 0.217 e. The molecule has 1 aliphatic rings. The minimum Gasteiger partial charge on any atom is -0.388 e. The van der Waals surface area contributed by atoms with E-state index in [4.69, 9.17) is 19.5 Å². The molecule has 7 nitrogen and oxygen atoms in total. The maximum atomic E-state index is 11.5. The lowest BCUT2D eigenvalue weighted by Crippen LogP contribution is -2.63. The van der Waals surface area contributed by atoms with Crippen LogP contribution in [-0.4, -0.2) is 54.1 Å². The molecule has 1 amide bonds. The average Bonchev–Trinajstić information content (AvgIpc) is 2.44. The van der Waals surface area contributed by atoms with Crippen molar-refractivity contribution in [2.24, 2.45) is 11.7 Å². The van der Waals surface area contributed by atoms with Crippen LogP contribution in [0.15, 0.2) is 0 Å². The molecule has 7 atom stereocenters. The zero-order valence-corrected chi connectivity index (χ0v) is 15.6. The van der Waals surface area contributed by atoms with Crippen LogP contribution in [0.5, 0.6) is 0 Å². The second-order valence-corrected chi connectivity index (χ2v) is 6.87. The maximum absolute atomic E-state index is 11.5. The van der Waals surface area contributed by atoms with Crippen LogP contribution in [0.25, 0.3) is 0 Å². The highest BCUT2D eigenvalue weighted by Gasteiger charge is 2.47. The van der Waals surface area contributed by atoms with Crippen LogP contribution < -0.4 is 11.1 Å². The molecule has 7 unspecified atom stereocenters. The van der Waals surface area contributed by atoms with E-state index in [1.165, 1.54) is 6.92 Å². The fourth-order valence-corrected chi connectivity index (χ4v) is 3.42. The number of ether oxygens (including phenoxy) is 1. The quantitative estimate of drug-likeness (QED) is 0.555. The van der Waals surface area contributed by atoms with Gasteiger partial charge in [-0.15, -0.1) is 0 Å². The van der Waals surface area contributed by atoms with Gasteiger partial charge in [0, 0.05) is 25.9 Å². The first-order valence-corrected chi connectivity index (χ1v) is 8.20. The molecule has 0 saturated carbocycles. The normalized spacial score (nSPS) is 30.6. The van der Waals surface area contributed by atoms with Gasteiger partial charge >= 0.3 is 0 Å². The number of nitrogens with one attached hydrogen (secondary N) is 1. The Morgan fingerprint density at radius 3 is 2.64 bits per heavy atom. The molecule has 0 aromatic rings. The maximum Gasteiger partial charge on any atom is 0.217 e. The van der Waals surface area contributed by atoms with Gasteiger partial charge in [-0.1, -0.05) is 0 Å². The van der Waals surface area contributed by atoms with Crippen molar-refractivity contribution in [3.05, 3.63) is 0 Å². The van der Waals surface area contributed by atoms with Crippen molar-refractivity contribution in [2.75, 3.05) is 13.2 Å². The standard InChI is InChI=1S/C13H28N2O5P2/c1-7(16)15-10-8(5-14)4-13(2,3)19-12(10)11(17)9(20-22)6-18-21/h8-12,17H,4-6,14,21-22H2,1-3H3,(H,15,16). The third-order valence-corrected chi connectivity index (χ3v) is 4.44. The van der Waals surface area contributed by atoms with Crippen LogP contribution in [0.3, 0.4) is 0 Å². The molecule has 130 valence electrons. The van der Waals surface area contributed by atoms with Crippen molar-refractivity contribution >= 4 is 24.8 Å². The summed E-state index contributed by atoms with van der Waals surface area (Å²) in [7, 11) is 4.24. The number of hydrogen-bond acceptors (Lipinski definition) is 6.